The lowest BCUT2D eigenvalue weighted by molar-refractivity contribution is -0.141. The number of carbonyl (C=O) groups excluding carboxylic acids is 1. The number of hydrogen-bond donors (Lipinski definition) is 2. The Kier molecular flexibility index (Phi) is 3.27. The number of nitrogen functional groups attached to an aromatic ring is 1. The third kappa shape index (κ3) is 2.32. The Morgan fingerprint density at radius 2 is 2.11 bits per heavy atom. The van der Waals surface area contributed by atoms with E-state index in [4.69, 9.17) is 5.73 Å². The van der Waals surface area contributed by atoms with E-state index < -0.39 is 6.04 Å². The Balaban J connectivity index is 2.41. The number of nitrogens with zero attached hydrogens (tertiary/aromatic N) is 2. The van der Waals surface area contributed by atoms with E-state index in [2.05, 4.69) is 20.0 Å². The molecule has 1 heterocycles. The molecule has 0 fully saturated rings. The van der Waals surface area contributed by atoms with Crippen molar-refractivity contribution in [1.82, 2.24) is 9.97 Å². The Morgan fingerprint density at radius 3 is 2.83 bits per heavy atom. The van der Waals surface area contributed by atoms with Crippen LogP contribution in [0.25, 0.3) is 10.9 Å². The zero-order chi connectivity index (χ0) is 13.1. The molecule has 1 aromatic heterocycles. The van der Waals surface area contributed by atoms with Gasteiger partial charge in [0, 0.05) is 5.39 Å². The number of nitrogens with one attached hydrogen (secondary N) is 1. The highest BCUT2D eigenvalue weighted by molar-refractivity contribution is 5.91. The minimum atomic E-state index is -0.507. The molecule has 0 bridgehead atoms. The fraction of sp³-hybridized carbons (Fsp3) is 0.250. The quantitative estimate of drug-likeness (QED) is 0.790. The molecular weight excluding hydrogens is 232 g/mol. The van der Waals surface area contributed by atoms with E-state index in [9.17, 15) is 4.79 Å². The second kappa shape index (κ2) is 4.87. The standard InChI is InChI=1S/C12H14N4O2/c1-7(11(17)18-2)14-10-8-5-3-4-6-9(8)15-12(13)16-10/h3-7H,1-2H3,(H3,13,14,15,16). The summed E-state index contributed by atoms with van der Waals surface area (Å²) in [7, 11) is 1.34. The molecule has 2 rings (SSSR count). The van der Waals surface area contributed by atoms with Crippen LogP contribution in [0.4, 0.5) is 11.8 Å². The molecule has 0 aliphatic carbocycles. The molecular formula is C12H14N4O2. The van der Waals surface area contributed by atoms with Crippen molar-refractivity contribution in [3.05, 3.63) is 24.3 Å². The van der Waals surface area contributed by atoms with Crippen molar-refractivity contribution in [3.8, 4) is 0 Å². The molecule has 0 aliphatic rings. The number of esters is 1. The molecule has 6 heteroatoms. The minimum Gasteiger partial charge on any atom is -0.467 e. The van der Waals surface area contributed by atoms with Gasteiger partial charge in [0.15, 0.2) is 0 Å². The Morgan fingerprint density at radius 1 is 1.39 bits per heavy atom. The highest BCUT2D eigenvalue weighted by atomic mass is 16.5. The van der Waals surface area contributed by atoms with Gasteiger partial charge in [-0.2, -0.15) is 4.98 Å². The molecule has 94 valence electrons. The Bertz CT molecular complexity index is 585. The summed E-state index contributed by atoms with van der Waals surface area (Å²) >= 11 is 0. The van der Waals surface area contributed by atoms with Crippen LogP contribution < -0.4 is 11.1 Å². The Labute approximate surface area is 104 Å². The van der Waals surface area contributed by atoms with Crippen LogP contribution in [0.3, 0.4) is 0 Å². The normalized spacial score (nSPS) is 12.1. The van der Waals surface area contributed by atoms with Crippen molar-refractivity contribution >= 4 is 28.6 Å². The van der Waals surface area contributed by atoms with Crippen LogP contribution >= 0.6 is 0 Å². The third-order valence-electron chi connectivity index (χ3n) is 2.53. The highest BCUT2D eigenvalue weighted by Gasteiger charge is 2.15. The Hall–Kier alpha value is -2.37. The van der Waals surface area contributed by atoms with E-state index in [1.54, 1.807) is 6.92 Å². The van der Waals surface area contributed by atoms with Gasteiger partial charge in [0.25, 0.3) is 0 Å². The number of methoxy groups -OCH3 is 1. The van der Waals surface area contributed by atoms with Gasteiger partial charge in [-0.25, -0.2) is 9.78 Å². The number of aromatic nitrogens is 2. The van der Waals surface area contributed by atoms with E-state index in [0.29, 0.717) is 5.82 Å². The average molecular weight is 246 g/mol. The molecule has 1 atom stereocenters. The molecule has 1 unspecified atom stereocenters. The fourth-order valence-electron chi connectivity index (χ4n) is 1.65. The maximum atomic E-state index is 11.4. The summed E-state index contributed by atoms with van der Waals surface area (Å²) in [6.07, 6.45) is 0. The number of anilines is 2. The monoisotopic (exact) mass is 246 g/mol. The summed E-state index contributed by atoms with van der Waals surface area (Å²) < 4.78 is 4.65. The van der Waals surface area contributed by atoms with Gasteiger partial charge in [-0.15, -0.1) is 0 Å². The van der Waals surface area contributed by atoms with Crippen LogP contribution in [-0.4, -0.2) is 29.1 Å². The molecule has 6 nitrogen and oxygen atoms in total. The van der Waals surface area contributed by atoms with Crippen LogP contribution in [0.1, 0.15) is 6.92 Å². The van der Waals surface area contributed by atoms with Crippen molar-refractivity contribution in [2.75, 3.05) is 18.2 Å². The van der Waals surface area contributed by atoms with Gasteiger partial charge < -0.3 is 15.8 Å². The molecule has 1 aromatic carbocycles. The van der Waals surface area contributed by atoms with Crippen LogP contribution in [0.5, 0.6) is 0 Å². The number of benzene rings is 1. The number of nitrogens with two attached hydrogens (primary N) is 1. The van der Waals surface area contributed by atoms with Crippen molar-refractivity contribution < 1.29 is 9.53 Å². The van der Waals surface area contributed by atoms with Gasteiger partial charge in [0.05, 0.1) is 12.6 Å². The maximum absolute atomic E-state index is 11.4. The molecule has 0 saturated heterocycles. The predicted octanol–water partition coefficient (Wildman–Crippen LogP) is 1.19. The highest BCUT2D eigenvalue weighted by Crippen LogP contribution is 2.21. The molecule has 0 saturated carbocycles. The van der Waals surface area contributed by atoms with Crippen LogP contribution in [-0.2, 0) is 9.53 Å². The number of para-hydroxylation sites is 1. The molecule has 3 N–H and O–H groups in total. The number of carbonyl (C=O) groups is 1. The summed E-state index contributed by atoms with van der Waals surface area (Å²) in [5.41, 5.74) is 6.36. The van der Waals surface area contributed by atoms with Crippen LogP contribution in [0.2, 0.25) is 0 Å². The van der Waals surface area contributed by atoms with Crippen LogP contribution in [0.15, 0.2) is 24.3 Å². The van der Waals surface area contributed by atoms with Crippen LogP contribution in [0, 0.1) is 0 Å². The second-order valence-corrected chi connectivity index (χ2v) is 3.84. The molecule has 0 radical (unpaired) electrons. The summed E-state index contributed by atoms with van der Waals surface area (Å²) in [4.78, 5) is 19.6. The van der Waals surface area contributed by atoms with Gasteiger partial charge in [-0.1, -0.05) is 12.1 Å². The number of rotatable bonds is 3. The minimum absolute atomic E-state index is 0.160. The van der Waals surface area contributed by atoms with E-state index in [-0.39, 0.29) is 11.9 Å². The van der Waals surface area contributed by atoms with E-state index in [1.165, 1.54) is 7.11 Å². The van der Waals surface area contributed by atoms with Gasteiger partial charge in [0.2, 0.25) is 5.95 Å². The molecule has 0 aliphatic heterocycles. The molecule has 0 amide bonds. The molecule has 2 aromatic rings. The number of ether oxygens (including phenoxy) is 1. The lowest BCUT2D eigenvalue weighted by Gasteiger charge is -2.14. The lowest BCUT2D eigenvalue weighted by atomic mass is 10.2. The second-order valence-electron chi connectivity index (χ2n) is 3.84. The van der Waals surface area contributed by atoms with Gasteiger partial charge in [-0.3, -0.25) is 0 Å². The summed E-state index contributed by atoms with van der Waals surface area (Å²) in [5, 5.41) is 3.78. The zero-order valence-electron chi connectivity index (χ0n) is 10.2. The van der Waals surface area contributed by atoms with Crippen molar-refractivity contribution in [2.45, 2.75) is 13.0 Å². The zero-order valence-corrected chi connectivity index (χ0v) is 10.2. The largest absolute Gasteiger partial charge is 0.467 e. The van der Waals surface area contributed by atoms with E-state index in [0.717, 1.165) is 10.9 Å². The SMILES string of the molecule is COC(=O)C(C)Nc1nc(N)nc2ccccc12. The maximum Gasteiger partial charge on any atom is 0.328 e. The first-order chi connectivity index (χ1) is 8.61. The van der Waals surface area contributed by atoms with E-state index >= 15 is 0 Å². The van der Waals surface area contributed by atoms with Crippen molar-refractivity contribution in [1.29, 1.82) is 0 Å². The van der Waals surface area contributed by atoms with Gasteiger partial charge in [0.1, 0.15) is 11.9 Å². The smallest absolute Gasteiger partial charge is 0.328 e. The summed E-state index contributed by atoms with van der Waals surface area (Å²) in [6, 6.07) is 6.92. The molecule has 0 spiro atoms. The van der Waals surface area contributed by atoms with Gasteiger partial charge >= 0.3 is 5.97 Å². The lowest BCUT2D eigenvalue weighted by Crippen LogP contribution is -2.27. The topological polar surface area (TPSA) is 90.1 Å². The summed E-state index contributed by atoms with van der Waals surface area (Å²) in [5.74, 6) is 0.320. The van der Waals surface area contributed by atoms with E-state index in [1.807, 2.05) is 24.3 Å². The summed E-state index contributed by atoms with van der Waals surface area (Å²) in [6.45, 7) is 1.69. The predicted molar refractivity (Wildman–Crippen MR) is 69.1 cm³/mol. The van der Waals surface area contributed by atoms with Crippen molar-refractivity contribution in [3.63, 3.8) is 0 Å². The molecule has 18 heavy (non-hydrogen) atoms. The first-order valence-corrected chi connectivity index (χ1v) is 5.48. The first kappa shape index (κ1) is 12.1. The number of hydrogen-bond acceptors (Lipinski definition) is 6. The number of fused-ring (bicyclic) bond motifs is 1. The fourth-order valence-corrected chi connectivity index (χ4v) is 1.65. The average Bonchev–Trinajstić information content (AvgIpc) is 2.37. The van der Waals surface area contributed by atoms with Gasteiger partial charge in [-0.05, 0) is 19.1 Å². The third-order valence-corrected chi connectivity index (χ3v) is 2.53. The first-order valence-electron chi connectivity index (χ1n) is 5.48. The van der Waals surface area contributed by atoms with Crippen molar-refractivity contribution in [2.24, 2.45) is 0 Å².